The Bertz CT molecular complexity index is 577. The maximum absolute atomic E-state index is 5.48. The largest absolute Gasteiger partial charge is 0.356 e. The van der Waals surface area contributed by atoms with Gasteiger partial charge in [0.05, 0.1) is 25.3 Å². The first-order valence-electron chi connectivity index (χ1n) is 8.72. The third kappa shape index (κ3) is 4.06. The monoisotopic (exact) mass is 396 g/mol. The van der Waals surface area contributed by atoms with Crippen molar-refractivity contribution in [3.05, 3.63) is 28.2 Å². The molecule has 0 aromatic heterocycles. The number of piperidine rings is 3. The minimum Gasteiger partial charge on any atom is -0.356 e. The van der Waals surface area contributed by atoms with Crippen molar-refractivity contribution in [1.82, 2.24) is 5.32 Å². The summed E-state index contributed by atoms with van der Waals surface area (Å²) < 4.78 is 1.05. The van der Waals surface area contributed by atoms with Crippen molar-refractivity contribution in [1.29, 1.82) is 0 Å². The highest BCUT2D eigenvalue weighted by molar-refractivity contribution is 9.10. The number of halogens is 1. The van der Waals surface area contributed by atoms with E-state index in [1.54, 1.807) is 4.90 Å². The number of hydrogen-bond donors (Lipinski definition) is 3. The first-order valence-corrected chi connectivity index (χ1v) is 9.92. The predicted octanol–water partition coefficient (Wildman–Crippen LogP) is 2.75. The van der Waals surface area contributed by atoms with E-state index in [4.69, 9.17) is 12.2 Å². The number of quaternary nitrogens is 1. The highest BCUT2D eigenvalue weighted by Gasteiger charge is 2.42. The number of anilines is 1. The summed E-state index contributed by atoms with van der Waals surface area (Å²) in [6, 6.07) is 6.98. The van der Waals surface area contributed by atoms with E-state index < -0.39 is 0 Å². The van der Waals surface area contributed by atoms with E-state index in [0.717, 1.165) is 39.7 Å². The molecule has 0 spiro atoms. The van der Waals surface area contributed by atoms with E-state index in [1.807, 2.05) is 0 Å². The summed E-state index contributed by atoms with van der Waals surface area (Å²) in [5.41, 5.74) is 2.26. The molecule has 3 N–H and O–H groups in total. The van der Waals surface area contributed by atoms with Gasteiger partial charge in [0.2, 0.25) is 0 Å². The number of fused-ring (bicyclic) bond motifs is 3. The Hall–Kier alpha value is -0.650. The Morgan fingerprint density at radius 1 is 1.43 bits per heavy atom. The Balaban J connectivity index is 1.50. The fourth-order valence-electron chi connectivity index (χ4n) is 4.23. The predicted molar refractivity (Wildman–Crippen MR) is 104 cm³/mol. The summed E-state index contributed by atoms with van der Waals surface area (Å²) in [6.07, 6.45) is 4.12. The van der Waals surface area contributed by atoms with Crippen molar-refractivity contribution in [2.24, 2.45) is 11.8 Å². The lowest BCUT2D eigenvalue weighted by molar-refractivity contribution is -0.945. The molecule has 3 aliphatic rings. The van der Waals surface area contributed by atoms with Gasteiger partial charge in [0.1, 0.15) is 6.04 Å². The maximum Gasteiger partial charge on any atom is 0.171 e. The molecule has 3 aliphatic heterocycles. The van der Waals surface area contributed by atoms with Crippen molar-refractivity contribution in [2.45, 2.75) is 39.2 Å². The minimum atomic E-state index is 0.720. The molecule has 3 heterocycles. The van der Waals surface area contributed by atoms with Crippen LogP contribution in [0.15, 0.2) is 22.7 Å². The van der Waals surface area contributed by atoms with Gasteiger partial charge in [-0.1, -0.05) is 13.0 Å². The molecular weight excluding hydrogens is 370 g/mol. The summed E-state index contributed by atoms with van der Waals surface area (Å²) in [5, 5.41) is 7.47. The third-order valence-electron chi connectivity index (χ3n) is 5.60. The molecule has 0 saturated carbocycles. The zero-order chi connectivity index (χ0) is 16.4. The summed E-state index contributed by atoms with van der Waals surface area (Å²) in [5.74, 6) is 1.89. The fourth-order valence-corrected chi connectivity index (χ4v) is 5.02. The zero-order valence-electron chi connectivity index (χ0n) is 14.0. The maximum atomic E-state index is 5.48. The molecule has 4 rings (SSSR count). The first-order chi connectivity index (χ1) is 11.1. The van der Waals surface area contributed by atoms with Gasteiger partial charge in [-0.3, -0.25) is 0 Å². The highest BCUT2D eigenvalue weighted by Crippen LogP contribution is 2.28. The van der Waals surface area contributed by atoms with E-state index >= 15 is 0 Å². The summed E-state index contributed by atoms with van der Waals surface area (Å²) in [7, 11) is 0. The van der Waals surface area contributed by atoms with Gasteiger partial charge in [0, 0.05) is 23.2 Å². The van der Waals surface area contributed by atoms with E-state index in [2.05, 4.69) is 58.6 Å². The second kappa shape index (κ2) is 7.49. The van der Waals surface area contributed by atoms with Crippen LogP contribution in [0.3, 0.4) is 0 Å². The van der Waals surface area contributed by atoms with E-state index in [0.29, 0.717) is 0 Å². The quantitative estimate of drug-likeness (QED) is 0.683. The van der Waals surface area contributed by atoms with Crippen LogP contribution in [0.5, 0.6) is 0 Å². The van der Waals surface area contributed by atoms with E-state index in [-0.39, 0.29) is 0 Å². The van der Waals surface area contributed by atoms with Crippen LogP contribution in [0.25, 0.3) is 0 Å². The number of nitrogens with one attached hydrogen (secondary N) is 3. The van der Waals surface area contributed by atoms with Gasteiger partial charge in [0.15, 0.2) is 5.11 Å². The Kier molecular flexibility index (Phi) is 5.60. The number of rotatable bonds is 4. The molecule has 126 valence electrons. The molecule has 1 aromatic rings. The van der Waals surface area contributed by atoms with Crippen LogP contribution < -0.4 is 15.5 Å². The van der Waals surface area contributed by atoms with E-state index in [9.17, 15) is 0 Å². The van der Waals surface area contributed by atoms with Crippen LogP contribution >= 0.6 is 28.1 Å². The summed E-state index contributed by atoms with van der Waals surface area (Å²) in [6.45, 7) is 8.12. The molecule has 1 aromatic carbocycles. The van der Waals surface area contributed by atoms with Gasteiger partial charge in [0.25, 0.3) is 0 Å². The molecule has 2 bridgehead atoms. The lowest BCUT2D eigenvalue weighted by Crippen LogP contribution is -3.20. The van der Waals surface area contributed by atoms with Crippen LogP contribution in [0.1, 0.15) is 31.7 Å². The molecule has 4 atom stereocenters. The molecule has 1 unspecified atom stereocenters. The molecule has 3 saturated heterocycles. The zero-order valence-corrected chi connectivity index (χ0v) is 16.4. The fraction of sp³-hybridized carbons (Fsp3) is 0.611. The van der Waals surface area contributed by atoms with Crippen molar-refractivity contribution < 1.29 is 4.90 Å². The van der Waals surface area contributed by atoms with Crippen molar-refractivity contribution in [3.8, 4) is 0 Å². The van der Waals surface area contributed by atoms with Gasteiger partial charge in [-0.05, 0) is 65.1 Å². The van der Waals surface area contributed by atoms with Gasteiger partial charge >= 0.3 is 0 Å². The number of thiocarbonyl (C=S) groups is 1. The SMILES string of the molecule is CC[C@H]1C[NH+]2CC[C@H]1C[C@@H]2CNC(=S)Nc1ccc(C)cc1Br. The number of hydrogen-bond acceptors (Lipinski definition) is 1. The molecule has 3 fully saturated rings. The van der Waals surface area contributed by atoms with Gasteiger partial charge < -0.3 is 15.5 Å². The molecule has 23 heavy (non-hydrogen) atoms. The summed E-state index contributed by atoms with van der Waals surface area (Å²) in [4.78, 5) is 1.78. The number of benzene rings is 1. The van der Waals surface area contributed by atoms with Gasteiger partial charge in [-0.25, -0.2) is 0 Å². The molecule has 5 heteroatoms. The van der Waals surface area contributed by atoms with Crippen LogP contribution in [0.2, 0.25) is 0 Å². The standard InChI is InChI=1S/C18H26BrN3S/c1-3-13-11-22-7-6-14(13)9-15(22)10-20-18(23)21-17-5-4-12(2)8-16(17)19/h4-5,8,13-15H,3,6-7,9-11H2,1-2H3,(H2,20,21,23)/p+1/t13-,14-,15+/m0/s1. The third-order valence-corrected chi connectivity index (χ3v) is 6.50. The van der Waals surface area contributed by atoms with Crippen LogP contribution in [-0.4, -0.2) is 30.8 Å². The summed E-state index contributed by atoms with van der Waals surface area (Å²) >= 11 is 9.07. The Morgan fingerprint density at radius 2 is 2.26 bits per heavy atom. The minimum absolute atomic E-state index is 0.720. The van der Waals surface area contributed by atoms with Gasteiger partial charge in [-0.15, -0.1) is 0 Å². The molecule has 0 radical (unpaired) electrons. The normalized spacial score (nSPS) is 29.3. The van der Waals surface area contributed by atoms with Gasteiger partial charge in [-0.2, -0.15) is 0 Å². The molecular formula is C18H27BrN3S+. The average Bonchev–Trinajstić information content (AvgIpc) is 2.56. The molecule has 3 nitrogen and oxygen atoms in total. The Morgan fingerprint density at radius 3 is 2.91 bits per heavy atom. The van der Waals surface area contributed by atoms with Crippen molar-refractivity contribution in [3.63, 3.8) is 0 Å². The van der Waals surface area contributed by atoms with Crippen LogP contribution in [0.4, 0.5) is 5.69 Å². The molecule has 0 aliphatic carbocycles. The lowest BCUT2D eigenvalue weighted by Gasteiger charge is -2.46. The second-order valence-electron chi connectivity index (χ2n) is 7.08. The average molecular weight is 397 g/mol. The number of aryl methyl sites for hydroxylation is 1. The lowest BCUT2D eigenvalue weighted by atomic mass is 9.74. The van der Waals surface area contributed by atoms with E-state index in [1.165, 1.54) is 37.9 Å². The second-order valence-corrected chi connectivity index (χ2v) is 8.34. The highest BCUT2D eigenvalue weighted by atomic mass is 79.9. The molecule has 0 amide bonds. The van der Waals surface area contributed by atoms with Crippen molar-refractivity contribution in [2.75, 3.05) is 25.0 Å². The van der Waals surface area contributed by atoms with Crippen LogP contribution in [0, 0.1) is 18.8 Å². The van der Waals surface area contributed by atoms with Crippen LogP contribution in [-0.2, 0) is 0 Å². The smallest absolute Gasteiger partial charge is 0.171 e. The first kappa shape index (κ1) is 17.2. The topological polar surface area (TPSA) is 28.5 Å². The Labute approximate surface area is 153 Å². The van der Waals surface area contributed by atoms with Crippen molar-refractivity contribution >= 4 is 38.9 Å².